The van der Waals surface area contributed by atoms with Crippen molar-refractivity contribution in [1.29, 1.82) is 5.26 Å². The van der Waals surface area contributed by atoms with Crippen LogP contribution >= 0.6 is 0 Å². The Labute approximate surface area is 78.3 Å². The quantitative estimate of drug-likeness (QED) is 0.651. The maximum atomic E-state index is 11.7. The molecule has 2 aliphatic rings. The molecule has 0 aromatic heterocycles. The molecule has 2 aliphatic carbocycles. The van der Waals surface area contributed by atoms with Crippen LogP contribution in [0.2, 0.25) is 0 Å². The molecule has 0 unspecified atom stereocenters. The zero-order valence-electron chi connectivity index (χ0n) is 7.70. The van der Waals surface area contributed by atoms with Crippen LogP contribution in [0.4, 0.5) is 0 Å². The Bertz CT molecular complexity index is 248. The third kappa shape index (κ3) is 2.00. The van der Waals surface area contributed by atoms with Gasteiger partial charge in [-0.25, -0.2) is 0 Å². The molecule has 0 aliphatic heterocycles. The lowest BCUT2D eigenvalue weighted by Gasteiger charge is -2.20. The van der Waals surface area contributed by atoms with Gasteiger partial charge in [0.1, 0.15) is 0 Å². The number of hydrogen-bond acceptors (Lipinski definition) is 2. The molecule has 0 radical (unpaired) electrons. The summed E-state index contributed by atoms with van der Waals surface area (Å²) in [6.07, 6.45) is 4.89. The first kappa shape index (κ1) is 8.55. The second kappa shape index (κ2) is 3.37. The van der Waals surface area contributed by atoms with Gasteiger partial charge in [0.15, 0.2) is 0 Å². The second-order valence-electron chi connectivity index (χ2n) is 3.95. The summed E-state index contributed by atoms with van der Waals surface area (Å²) in [6.45, 7) is 0.649. The summed E-state index contributed by atoms with van der Waals surface area (Å²) in [5.74, 6) is 0.608. The average molecular weight is 178 g/mol. The average Bonchev–Trinajstić information content (AvgIpc) is 2.98. The lowest BCUT2D eigenvalue weighted by atomic mass is 10.3. The van der Waals surface area contributed by atoms with E-state index in [0.717, 1.165) is 25.7 Å². The molecule has 3 heteroatoms. The molecule has 70 valence electrons. The van der Waals surface area contributed by atoms with Crippen LogP contribution in [0.1, 0.15) is 32.1 Å². The van der Waals surface area contributed by atoms with Gasteiger partial charge in [0.2, 0.25) is 5.91 Å². The first-order chi connectivity index (χ1) is 6.33. The molecule has 2 rings (SSSR count). The molecule has 0 atom stereocenters. The molecule has 0 bridgehead atoms. The van der Waals surface area contributed by atoms with Gasteiger partial charge in [0.05, 0.1) is 12.5 Å². The van der Waals surface area contributed by atoms with Gasteiger partial charge in [-0.1, -0.05) is 0 Å². The minimum Gasteiger partial charge on any atom is -0.338 e. The largest absolute Gasteiger partial charge is 0.338 e. The summed E-state index contributed by atoms with van der Waals surface area (Å²) in [7, 11) is 0. The van der Waals surface area contributed by atoms with E-state index in [1.54, 1.807) is 0 Å². The fraction of sp³-hybridized carbons (Fsp3) is 0.800. The molecule has 0 aromatic carbocycles. The number of carbonyl (C=O) groups is 1. The van der Waals surface area contributed by atoms with Crippen LogP contribution < -0.4 is 0 Å². The van der Waals surface area contributed by atoms with Crippen molar-refractivity contribution in [2.45, 2.75) is 38.1 Å². The number of rotatable bonds is 4. The van der Waals surface area contributed by atoms with Crippen LogP contribution in [0, 0.1) is 17.2 Å². The van der Waals surface area contributed by atoms with Crippen LogP contribution in [0.3, 0.4) is 0 Å². The third-order valence-electron chi connectivity index (χ3n) is 2.66. The fourth-order valence-electron chi connectivity index (χ4n) is 1.59. The maximum Gasteiger partial charge on any atom is 0.225 e. The van der Waals surface area contributed by atoms with E-state index in [0.29, 0.717) is 30.8 Å². The Morgan fingerprint density at radius 1 is 1.38 bits per heavy atom. The molecule has 0 N–H and O–H groups in total. The minimum atomic E-state index is 0.303. The summed E-state index contributed by atoms with van der Waals surface area (Å²) in [5.41, 5.74) is 0. The highest BCUT2D eigenvalue weighted by atomic mass is 16.2. The first-order valence-corrected chi connectivity index (χ1v) is 5.00. The van der Waals surface area contributed by atoms with E-state index in [1.807, 2.05) is 4.90 Å². The van der Waals surface area contributed by atoms with Crippen LogP contribution in [-0.4, -0.2) is 23.4 Å². The maximum absolute atomic E-state index is 11.7. The van der Waals surface area contributed by atoms with E-state index in [9.17, 15) is 4.79 Å². The van der Waals surface area contributed by atoms with Gasteiger partial charge in [0, 0.05) is 18.5 Å². The Morgan fingerprint density at radius 2 is 2.08 bits per heavy atom. The van der Waals surface area contributed by atoms with Crippen molar-refractivity contribution < 1.29 is 4.79 Å². The molecule has 2 saturated carbocycles. The normalized spacial score (nSPS) is 20.8. The Balaban J connectivity index is 1.88. The van der Waals surface area contributed by atoms with Gasteiger partial charge < -0.3 is 4.90 Å². The highest BCUT2D eigenvalue weighted by Gasteiger charge is 2.39. The molecule has 0 spiro atoms. The zero-order valence-corrected chi connectivity index (χ0v) is 7.70. The Hall–Kier alpha value is -1.04. The van der Waals surface area contributed by atoms with Crippen molar-refractivity contribution in [3.05, 3.63) is 0 Å². The molecule has 1 amide bonds. The summed E-state index contributed by atoms with van der Waals surface area (Å²) >= 11 is 0. The molecule has 3 nitrogen and oxygen atoms in total. The number of nitriles is 1. The molecule has 13 heavy (non-hydrogen) atoms. The third-order valence-corrected chi connectivity index (χ3v) is 2.66. The zero-order chi connectivity index (χ0) is 9.26. The van der Waals surface area contributed by atoms with Crippen molar-refractivity contribution in [3.8, 4) is 6.07 Å². The van der Waals surface area contributed by atoms with Gasteiger partial charge in [0.25, 0.3) is 0 Å². The predicted molar refractivity (Wildman–Crippen MR) is 47.7 cm³/mol. The molecule has 0 aromatic rings. The van der Waals surface area contributed by atoms with Gasteiger partial charge in [-0.3, -0.25) is 4.79 Å². The van der Waals surface area contributed by atoms with E-state index >= 15 is 0 Å². The van der Waals surface area contributed by atoms with Crippen molar-refractivity contribution in [2.24, 2.45) is 5.92 Å². The Morgan fingerprint density at radius 3 is 2.54 bits per heavy atom. The number of amides is 1. The van der Waals surface area contributed by atoms with Crippen LogP contribution in [0.15, 0.2) is 0 Å². The molecular weight excluding hydrogens is 164 g/mol. The standard InChI is InChI=1S/C10H14N2O/c11-6-1-7-12(9-4-5-9)10(13)8-2-3-8/h8-9H,1-5,7H2. The Kier molecular flexibility index (Phi) is 2.22. The van der Waals surface area contributed by atoms with Crippen molar-refractivity contribution in [2.75, 3.05) is 6.54 Å². The summed E-state index contributed by atoms with van der Waals surface area (Å²) in [6, 6.07) is 2.57. The smallest absolute Gasteiger partial charge is 0.225 e. The van der Waals surface area contributed by atoms with Crippen molar-refractivity contribution in [1.82, 2.24) is 4.90 Å². The highest BCUT2D eigenvalue weighted by Crippen LogP contribution is 2.35. The van der Waals surface area contributed by atoms with Gasteiger partial charge >= 0.3 is 0 Å². The van der Waals surface area contributed by atoms with E-state index in [1.165, 1.54) is 0 Å². The number of nitrogens with zero attached hydrogens (tertiary/aromatic N) is 2. The van der Waals surface area contributed by atoms with E-state index in [4.69, 9.17) is 5.26 Å². The molecule has 0 heterocycles. The van der Waals surface area contributed by atoms with Crippen LogP contribution in [-0.2, 0) is 4.79 Å². The lowest BCUT2D eigenvalue weighted by Crippen LogP contribution is -2.34. The van der Waals surface area contributed by atoms with Gasteiger partial charge in [-0.05, 0) is 25.7 Å². The van der Waals surface area contributed by atoms with Crippen molar-refractivity contribution in [3.63, 3.8) is 0 Å². The summed E-state index contributed by atoms with van der Waals surface area (Å²) in [5, 5.41) is 8.47. The first-order valence-electron chi connectivity index (χ1n) is 5.00. The molecular formula is C10H14N2O. The monoisotopic (exact) mass is 178 g/mol. The van der Waals surface area contributed by atoms with Gasteiger partial charge in [-0.15, -0.1) is 0 Å². The van der Waals surface area contributed by atoms with E-state index in [2.05, 4.69) is 6.07 Å². The molecule has 2 fully saturated rings. The number of carbonyl (C=O) groups excluding carboxylic acids is 1. The summed E-state index contributed by atoms with van der Waals surface area (Å²) in [4.78, 5) is 13.6. The lowest BCUT2D eigenvalue weighted by molar-refractivity contribution is -0.133. The second-order valence-corrected chi connectivity index (χ2v) is 3.95. The van der Waals surface area contributed by atoms with Crippen LogP contribution in [0.5, 0.6) is 0 Å². The fourth-order valence-corrected chi connectivity index (χ4v) is 1.59. The minimum absolute atomic E-state index is 0.303. The topological polar surface area (TPSA) is 44.1 Å². The van der Waals surface area contributed by atoms with Crippen LogP contribution in [0.25, 0.3) is 0 Å². The van der Waals surface area contributed by atoms with Crippen molar-refractivity contribution >= 4 is 5.91 Å². The predicted octanol–water partition coefficient (Wildman–Crippen LogP) is 1.30. The summed E-state index contributed by atoms with van der Waals surface area (Å²) < 4.78 is 0. The SMILES string of the molecule is N#CCCN(C(=O)C1CC1)C1CC1. The van der Waals surface area contributed by atoms with E-state index in [-0.39, 0.29) is 0 Å². The highest BCUT2D eigenvalue weighted by molar-refractivity contribution is 5.81. The molecule has 0 saturated heterocycles. The van der Waals surface area contributed by atoms with E-state index < -0.39 is 0 Å². The van der Waals surface area contributed by atoms with Gasteiger partial charge in [-0.2, -0.15) is 5.26 Å². The number of hydrogen-bond donors (Lipinski definition) is 0.